The van der Waals surface area contributed by atoms with Crippen LogP contribution in [0.4, 0.5) is 0 Å². The molecule has 0 bridgehead atoms. The van der Waals surface area contributed by atoms with Crippen LogP contribution in [0.1, 0.15) is 70.7 Å². The average Bonchev–Trinajstić information content (AvgIpc) is 1.63. The Labute approximate surface area is 562 Å². The number of para-hydroxylation sites is 2. The van der Waals surface area contributed by atoms with E-state index in [-0.39, 0.29) is 29.7 Å². The highest BCUT2D eigenvalue weighted by Gasteiger charge is 2.23. The topological polar surface area (TPSA) is 212 Å². The number of hydrogen-bond acceptors (Lipinski definition) is 13. The van der Waals surface area contributed by atoms with Gasteiger partial charge < -0.3 is 39.7 Å². The molecule has 21 aromatic rings. The van der Waals surface area contributed by atoms with Gasteiger partial charge in [0.25, 0.3) is 22.9 Å². The molecule has 20 aromatic heterocycles. The molecule has 0 unspecified atom stereocenters. The Morgan fingerprint density at radius 2 is 0.949 bits per heavy atom. The van der Waals surface area contributed by atoms with Crippen LogP contribution in [0.2, 0.25) is 0 Å². The summed E-state index contributed by atoms with van der Waals surface area (Å²) in [4.78, 5) is 26.0. The molecule has 20 heterocycles. The van der Waals surface area contributed by atoms with Crippen molar-refractivity contribution in [1.82, 2.24) is 60.7 Å². The molecule has 498 valence electrons. The number of hydrogen-bond donors (Lipinski definition) is 0. The van der Waals surface area contributed by atoms with Gasteiger partial charge in [-0.05, 0) is 90.8 Å². The molecule has 0 N–H and O–H groups in total. The number of benzene rings is 1. The van der Waals surface area contributed by atoms with Gasteiger partial charge in [0.1, 0.15) is 18.1 Å². The SMILES string of the molecule is C.C.C.C.Cc1cn2c(n1)oc1ccccc12.Cc1nc2c(cc3ccccn32)o1.Cc1nc2c(cn3ccccc23)o1.Cc1nc2cc3ccccn3c2o1.Cc1oc2c(nc3ccccn32)[n+]1C.Cc1oc2c3ccccn3cc2[n+]1C.Cc1oc2nc3ccccn3c2[n+]1C. The Morgan fingerprint density at radius 1 is 0.378 bits per heavy atom. The van der Waals surface area contributed by atoms with E-state index in [1.165, 1.54) is 0 Å². The molecule has 23 heteroatoms. The largest absolute Gasteiger partial charge is 0.439 e. The number of rotatable bonds is 0. The quantitative estimate of drug-likeness (QED) is 0.129. The highest BCUT2D eigenvalue weighted by Crippen LogP contribution is 2.26. The van der Waals surface area contributed by atoms with Gasteiger partial charge in [0.2, 0.25) is 16.9 Å². The van der Waals surface area contributed by atoms with Crippen molar-refractivity contribution >= 4 is 118 Å². The summed E-state index contributed by atoms with van der Waals surface area (Å²) in [5, 5.41) is 0. The normalized spacial score (nSPS) is 11.0. The lowest BCUT2D eigenvalue weighted by Crippen LogP contribution is -2.30. The van der Waals surface area contributed by atoms with Crippen LogP contribution < -0.4 is 13.7 Å². The standard InChI is InChI=1S/C11H11N2O.2C10H10N3O.4C10H8N2O.4CH4/c1-8-12(2)10-7-13-6-4-3-5-9(13)11(10)14-8;1-7-12(2)10-9(14-7)11-8-5-3-4-6-13(8)10;1-7-12(2)9-10(14-7)13-6-4-3-5-8(13)11-9;1-7-11-10-8-4-2-3-5-12(8)6-9(10)13-7;1-7-11-10-9(13-7)6-8-4-2-3-5-12(8)10;1-7-11-9-6-8-4-2-3-5-12(8)10(9)13-7;1-7-6-12-8-4-2-3-5-9(8)13-10(12)11-7;;;;/h3-7H,1-2H3;2*3-6H,1-2H3;4*2-6H,1H3;4*1H4/q3*+1;;;;;;;;. The van der Waals surface area contributed by atoms with E-state index in [4.69, 9.17) is 30.9 Å². The molecule has 21 rings (SSSR count). The lowest BCUT2D eigenvalue weighted by atomic mass is 10.3. The van der Waals surface area contributed by atoms with Gasteiger partial charge in [-0.25, -0.2) is 14.4 Å². The van der Waals surface area contributed by atoms with Crippen LogP contribution in [0.25, 0.3) is 118 Å². The second kappa shape index (κ2) is 27.1. The maximum Gasteiger partial charge on any atom is 0.389 e. The van der Waals surface area contributed by atoms with E-state index < -0.39 is 0 Å². The van der Waals surface area contributed by atoms with Crippen molar-refractivity contribution in [3.05, 3.63) is 242 Å². The third-order valence-corrected chi connectivity index (χ3v) is 16.3. The van der Waals surface area contributed by atoms with E-state index in [0.29, 0.717) is 23.3 Å². The minimum absolute atomic E-state index is 0. The maximum absolute atomic E-state index is 5.69. The number of nitrogens with zero attached hydrogens (tertiary/aromatic N) is 16. The van der Waals surface area contributed by atoms with Gasteiger partial charge in [-0.15, -0.1) is 0 Å². The first-order chi connectivity index (χ1) is 45.7. The van der Waals surface area contributed by atoms with Gasteiger partial charge in [-0.3, -0.25) is 13.2 Å². The Hall–Kier alpha value is -12.5. The Morgan fingerprint density at radius 3 is 1.70 bits per heavy atom. The molecule has 1 aromatic carbocycles. The number of imidazole rings is 3. The van der Waals surface area contributed by atoms with E-state index in [0.717, 1.165) is 135 Å². The smallest absolute Gasteiger partial charge is 0.389 e. The first-order valence-electron chi connectivity index (χ1n) is 30.3. The first kappa shape index (κ1) is 66.9. The molecule has 98 heavy (non-hydrogen) atoms. The predicted octanol–water partition coefficient (Wildman–Crippen LogP) is 16.3. The monoisotopic (exact) mass is 1320 g/mol. The zero-order valence-corrected chi connectivity index (χ0v) is 53.1. The zero-order valence-electron chi connectivity index (χ0n) is 53.1. The highest BCUT2D eigenvalue weighted by atomic mass is 16.4. The summed E-state index contributed by atoms with van der Waals surface area (Å²) in [5.41, 5.74) is 20.0. The van der Waals surface area contributed by atoms with Gasteiger partial charge in [-0.1, -0.05) is 78.2 Å². The lowest BCUT2D eigenvalue weighted by Gasteiger charge is -1.91. The van der Waals surface area contributed by atoms with Crippen molar-refractivity contribution in [2.75, 3.05) is 0 Å². The molecule has 0 amide bonds. The van der Waals surface area contributed by atoms with Crippen molar-refractivity contribution in [3.63, 3.8) is 0 Å². The summed E-state index contributed by atoms with van der Waals surface area (Å²) in [6.07, 6.45) is 17.9. The Balaban J connectivity index is 0.000000115. The zero-order chi connectivity index (χ0) is 64.5. The summed E-state index contributed by atoms with van der Waals surface area (Å²) in [7, 11) is 5.94. The van der Waals surface area contributed by atoms with Gasteiger partial charge in [0, 0.05) is 90.0 Å². The van der Waals surface area contributed by atoms with Gasteiger partial charge in [-0.2, -0.15) is 33.1 Å². The van der Waals surface area contributed by atoms with E-state index in [9.17, 15) is 0 Å². The number of aromatic nitrogens is 16. The fourth-order valence-corrected chi connectivity index (χ4v) is 11.5. The van der Waals surface area contributed by atoms with E-state index in [2.05, 4.69) is 51.1 Å². The van der Waals surface area contributed by atoms with Crippen molar-refractivity contribution < 1.29 is 44.6 Å². The summed E-state index contributed by atoms with van der Waals surface area (Å²) in [5.74, 6) is 5.46. The molecule has 0 saturated heterocycles. The molecule has 0 radical (unpaired) electrons. The van der Waals surface area contributed by atoms with Crippen molar-refractivity contribution in [3.8, 4) is 0 Å². The minimum atomic E-state index is 0. The molecule has 0 aliphatic heterocycles. The van der Waals surface area contributed by atoms with Crippen LogP contribution in [0, 0.1) is 48.5 Å². The molecule has 0 aliphatic rings. The van der Waals surface area contributed by atoms with Crippen molar-refractivity contribution in [1.29, 1.82) is 0 Å². The second-order valence-corrected chi connectivity index (χ2v) is 22.5. The molecule has 0 fully saturated rings. The minimum Gasteiger partial charge on any atom is -0.439 e. The Kier molecular flexibility index (Phi) is 18.5. The van der Waals surface area contributed by atoms with Gasteiger partial charge in [0.05, 0.1) is 72.9 Å². The van der Waals surface area contributed by atoms with Crippen LogP contribution in [-0.2, 0) is 21.1 Å². The third-order valence-electron chi connectivity index (χ3n) is 16.3. The first-order valence-corrected chi connectivity index (χ1v) is 30.3. The molecular formula is C75H79N16O7+3. The van der Waals surface area contributed by atoms with Crippen LogP contribution in [0.15, 0.2) is 232 Å². The highest BCUT2D eigenvalue weighted by molar-refractivity contribution is 5.91. The summed E-state index contributed by atoms with van der Waals surface area (Å²) >= 11 is 0. The van der Waals surface area contributed by atoms with Gasteiger partial charge in [0.15, 0.2) is 40.1 Å². The molecule has 0 saturated carbocycles. The fraction of sp³-hybridized carbons (Fsp3) is 0.187. The van der Waals surface area contributed by atoms with Crippen LogP contribution >= 0.6 is 0 Å². The average molecular weight is 1320 g/mol. The number of pyridine rings is 6. The fourth-order valence-electron chi connectivity index (χ4n) is 11.5. The summed E-state index contributed by atoms with van der Waals surface area (Å²) in [6.45, 7) is 13.4. The van der Waals surface area contributed by atoms with Crippen LogP contribution in [0.3, 0.4) is 0 Å². The molecule has 0 spiro atoms. The van der Waals surface area contributed by atoms with Crippen LogP contribution in [0.5, 0.6) is 0 Å². The van der Waals surface area contributed by atoms with Crippen molar-refractivity contribution in [2.24, 2.45) is 21.1 Å². The molecule has 0 atom stereocenters. The van der Waals surface area contributed by atoms with E-state index >= 15 is 0 Å². The summed E-state index contributed by atoms with van der Waals surface area (Å²) in [6, 6.07) is 47.9. The Bertz CT molecular complexity index is 5760. The number of oxazole rings is 7. The molecule has 0 aliphatic carbocycles. The van der Waals surface area contributed by atoms with Crippen LogP contribution in [-0.4, -0.2) is 60.7 Å². The molecular weight excluding hydrogens is 1240 g/mol. The predicted molar refractivity (Wildman–Crippen MR) is 381 cm³/mol. The van der Waals surface area contributed by atoms with E-state index in [1.807, 2.05) is 294 Å². The van der Waals surface area contributed by atoms with E-state index in [1.54, 1.807) is 0 Å². The second-order valence-electron chi connectivity index (χ2n) is 22.5. The van der Waals surface area contributed by atoms with Gasteiger partial charge >= 0.3 is 34.5 Å². The number of aryl methyl sites for hydroxylation is 10. The maximum atomic E-state index is 5.69. The number of fused-ring (bicyclic) bond motifs is 21. The molecule has 23 nitrogen and oxygen atoms in total. The lowest BCUT2D eigenvalue weighted by molar-refractivity contribution is -0.659. The third kappa shape index (κ3) is 12.1. The summed E-state index contributed by atoms with van der Waals surface area (Å²) < 4.78 is 58.7. The van der Waals surface area contributed by atoms with Crippen molar-refractivity contribution in [2.45, 2.75) is 78.2 Å².